The molecular weight excluding hydrogens is 426 g/mol. The van der Waals surface area contributed by atoms with E-state index in [9.17, 15) is 9.59 Å². The molecule has 0 amide bonds. The number of ether oxygens (including phenoxy) is 2. The first-order valence-electron chi connectivity index (χ1n) is 14.6. The number of rotatable bonds is 22. The van der Waals surface area contributed by atoms with Crippen LogP contribution in [0.2, 0.25) is 0 Å². The van der Waals surface area contributed by atoms with Crippen LogP contribution in [0.5, 0.6) is 0 Å². The first-order valence-corrected chi connectivity index (χ1v) is 14.6. The summed E-state index contributed by atoms with van der Waals surface area (Å²) in [5.41, 5.74) is 0. The molecule has 200 valence electrons. The fourth-order valence-corrected chi connectivity index (χ4v) is 4.64. The molecule has 5 nitrogen and oxygen atoms in total. The van der Waals surface area contributed by atoms with E-state index < -0.39 is 0 Å². The Kier molecular flexibility index (Phi) is 19.3. The molecule has 5 heteroatoms. The summed E-state index contributed by atoms with van der Waals surface area (Å²) >= 11 is 0. The van der Waals surface area contributed by atoms with Crippen molar-refractivity contribution in [1.82, 2.24) is 5.32 Å². The third kappa shape index (κ3) is 17.4. The van der Waals surface area contributed by atoms with Gasteiger partial charge in [0.1, 0.15) is 12.1 Å². The largest absolute Gasteiger partial charge is 0.466 e. The summed E-state index contributed by atoms with van der Waals surface area (Å²) in [5.74, 6) is 0.490. The Morgan fingerprint density at radius 1 is 0.824 bits per heavy atom. The van der Waals surface area contributed by atoms with Crippen molar-refractivity contribution < 1.29 is 19.1 Å². The van der Waals surface area contributed by atoms with Gasteiger partial charge in [-0.1, -0.05) is 91.4 Å². The van der Waals surface area contributed by atoms with Crippen LogP contribution in [0, 0.1) is 5.92 Å². The van der Waals surface area contributed by atoms with E-state index >= 15 is 0 Å². The predicted molar refractivity (Wildman–Crippen MR) is 141 cm³/mol. The number of carbonyl (C=O) groups excluding carboxylic acids is 2. The van der Waals surface area contributed by atoms with E-state index in [1.807, 2.05) is 0 Å². The molecule has 1 fully saturated rings. The van der Waals surface area contributed by atoms with E-state index in [0.29, 0.717) is 18.9 Å². The van der Waals surface area contributed by atoms with Gasteiger partial charge >= 0.3 is 11.9 Å². The van der Waals surface area contributed by atoms with E-state index in [1.54, 1.807) is 0 Å². The molecule has 2 atom stereocenters. The van der Waals surface area contributed by atoms with E-state index in [1.165, 1.54) is 57.8 Å². The Labute approximate surface area is 210 Å². The quantitative estimate of drug-likeness (QED) is 0.128. The molecule has 0 spiro atoms. The fraction of sp³-hybridized carbons (Fsp3) is 0.931. The molecule has 1 unspecified atom stereocenters. The van der Waals surface area contributed by atoms with E-state index in [2.05, 4.69) is 26.1 Å². The zero-order chi connectivity index (χ0) is 24.9. The molecular formula is C29H55NO4. The van der Waals surface area contributed by atoms with Crippen molar-refractivity contribution in [2.45, 2.75) is 155 Å². The van der Waals surface area contributed by atoms with Gasteiger partial charge < -0.3 is 14.8 Å². The molecule has 0 aromatic carbocycles. The average molecular weight is 482 g/mol. The molecule has 0 radical (unpaired) electrons. The molecule has 34 heavy (non-hydrogen) atoms. The zero-order valence-corrected chi connectivity index (χ0v) is 22.7. The van der Waals surface area contributed by atoms with Crippen LogP contribution in [0.3, 0.4) is 0 Å². The van der Waals surface area contributed by atoms with Crippen LogP contribution in [0.25, 0.3) is 0 Å². The highest BCUT2D eigenvalue weighted by Crippen LogP contribution is 2.18. The van der Waals surface area contributed by atoms with Crippen molar-refractivity contribution in [2.24, 2.45) is 5.92 Å². The van der Waals surface area contributed by atoms with Crippen molar-refractivity contribution in [3.8, 4) is 0 Å². The maximum Gasteiger partial charge on any atom is 0.323 e. The smallest absolute Gasteiger partial charge is 0.323 e. The molecule has 1 N–H and O–H groups in total. The van der Waals surface area contributed by atoms with Crippen LogP contribution >= 0.6 is 0 Å². The van der Waals surface area contributed by atoms with Gasteiger partial charge in [0.05, 0.1) is 6.61 Å². The van der Waals surface area contributed by atoms with E-state index in [4.69, 9.17) is 9.47 Å². The maximum absolute atomic E-state index is 12.5. The molecule has 0 aromatic heterocycles. The van der Waals surface area contributed by atoms with Crippen LogP contribution in [0.15, 0.2) is 0 Å². The minimum absolute atomic E-state index is 0.0614. The molecule has 1 aliphatic rings. The Hall–Kier alpha value is -1.10. The molecule has 1 rings (SSSR count). The first-order chi connectivity index (χ1) is 16.5. The number of hydrogen-bond donors (Lipinski definition) is 1. The molecule has 0 saturated carbocycles. The highest BCUT2D eigenvalue weighted by molar-refractivity contribution is 5.76. The number of unbranched alkanes of at least 4 members (excludes halogenated alkanes) is 10. The summed E-state index contributed by atoms with van der Waals surface area (Å²) in [7, 11) is 0. The topological polar surface area (TPSA) is 64.6 Å². The third-order valence-corrected chi connectivity index (χ3v) is 6.85. The fourth-order valence-electron chi connectivity index (χ4n) is 4.64. The molecule has 0 aromatic rings. The minimum atomic E-state index is -0.140. The Morgan fingerprint density at radius 2 is 1.44 bits per heavy atom. The Bertz CT molecular complexity index is 502. The van der Waals surface area contributed by atoms with Crippen LogP contribution < -0.4 is 5.32 Å². The van der Waals surface area contributed by atoms with Gasteiger partial charge in [-0.25, -0.2) is 0 Å². The highest BCUT2D eigenvalue weighted by Gasteiger charge is 2.26. The predicted octanol–water partition coefficient (Wildman–Crippen LogP) is 7.50. The second-order valence-corrected chi connectivity index (χ2v) is 10.7. The molecule has 0 bridgehead atoms. The first kappa shape index (κ1) is 30.9. The minimum Gasteiger partial charge on any atom is -0.466 e. The summed E-state index contributed by atoms with van der Waals surface area (Å²) in [4.78, 5) is 24.4. The van der Waals surface area contributed by atoms with Crippen molar-refractivity contribution in [3.63, 3.8) is 0 Å². The number of nitrogens with one attached hydrogen (secondary N) is 1. The standard InChI is InChI=1S/C29H55NO4/c1-4-5-6-7-8-9-10-11-12-13-19-26(34-29(32)27-21-16-23-30-27)20-17-24-33-28(31)22-15-14-18-25(2)3/h25-27,30H,4-24H2,1-3H3/t26?,27-/m0/s1. The summed E-state index contributed by atoms with van der Waals surface area (Å²) < 4.78 is 11.3. The van der Waals surface area contributed by atoms with Gasteiger partial charge in [-0.3, -0.25) is 9.59 Å². The van der Waals surface area contributed by atoms with Crippen LogP contribution in [0.1, 0.15) is 143 Å². The van der Waals surface area contributed by atoms with E-state index in [-0.39, 0.29) is 24.1 Å². The molecule has 0 aliphatic carbocycles. The van der Waals surface area contributed by atoms with Gasteiger partial charge in [0, 0.05) is 6.42 Å². The second kappa shape index (κ2) is 21.2. The zero-order valence-electron chi connectivity index (χ0n) is 22.7. The van der Waals surface area contributed by atoms with Crippen molar-refractivity contribution >= 4 is 11.9 Å². The summed E-state index contributed by atoms with van der Waals surface area (Å²) in [6.45, 7) is 8.00. The number of carbonyl (C=O) groups is 2. The molecule has 1 aliphatic heterocycles. The van der Waals surface area contributed by atoms with Gasteiger partial charge in [-0.2, -0.15) is 0 Å². The lowest BCUT2D eigenvalue weighted by Gasteiger charge is -2.20. The summed E-state index contributed by atoms with van der Waals surface area (Å²) in [6.07, 6.45) is 21.0. The monoisotopic (exact) mass is 481 g/mol. The number of hydrogen-bond acceptors (Lipinski definition) is 5. The van der Waals surface area contributed by atoms with Crippen molar-refractivity contribution in [1.29, 1.82) is 0 Å². The van der Waals surface area contributed by atoms with Gasteiger partial charge in [0.25, 0.3) is 0 Å². The van der Waals surface area contributed by atoms with Crippen molar-refractivity contribution in [3.05, 3.63) is 0 Å². The highest BCUT2D eigenvalue weighted by atomic mass is 16.5. The van der Waals surface area contributed by atoms with Gasteiger partial charge in [0.15, 0.2) is 0 Å². The average Bonchev–Trinajstić information content (AvgIpc) is 3.35. The maximum atomic E-state index is 12.5. The Morgan fingerprint density at radius 3 is 2.06 bits per heavy atom. The lowest BCUT2D eigenvalue weighted by Crippen LogP contribution is -2.35. The van der Waals surface area contributed by atoms with Crippen LogP contribution in [-0.4, -0.2) is 37.2 Å². The van der Waals surface area contributed by atoms with Crippen LogP contribution in [-0.2, 0) is 19.1 Å². The van der Waals surface area contributed by atoms with Gasteiger partial charge in [-0.05, 0) is 57.4 Å². The molecule has 1 heterocycles. The number of esters is 2. The van der Waals surface area contributed by atoms with Crippen molar-refractivity contribution in [2.75, 3.05) is 13.2 Å². The summed E-state index contributed by atoms with van der Waals surface area (Å²) in [6, 6.07) is -0.140. The van der Waals surface area contributed by atoms with E-state index in [0.717, 1.165) is 64.3 Å². The normalized spacial score (nSPS) is 16.6. The van der Waals surface area contributed by atoms with Gasteiger partial charge in [0.2, 0.25) is 0 Å². The third-order valence-electron chi connectivity index (χ3n) is 6.85. The SMILES string of the molecule is CCCCCCCCCCCCC(CCCOC(=O)CCCCC(C)C)OC(=O)[C@@H]1CCCN1. The van der Waals surface area contributed by atoms with Gasteiger partial charge in [-0.15, -0.1) is 0 Å². The summed E-state index contributed by atoms with van der Waals surface area (Å²) in [5, 5.41) is 3.24. The lowest BCUT2D eigenvalue weighted by molar-refractivity contribution is -0.153. The second-order valence-electron chi connectivity index (χ2n) is 10.7. The lowest BCUT2D eigenvalue weighted by atomic mass is 10.0. The van der Waals surface area contributed by atoms with Crippen LogP contribution in [0.4, 0.5) is 0 Å². The molecule has 1 saturated heterocycles. The Balaban J connectivity index is 2.21.